The van der Waals surface area contributed by atoms with Crippen LogP contribution >= 0.6 is 0 Å². The van der Waals surface area contributed by atoms with Crippen LogP contribution in [0.5, 0.6) is 5.75 Å². The van der Waals surface area contributed by atoms with Gasteiger partial charge >= 0.3 is 0 Å². The van der Waals surface area contributed by atoms with Crippen LogP contribution < -0.4 is 10.1 Å². The Kier molecular flexibility index (Phi) is 4.85. The molecule has 1 aliphatic carbocycles. The lowest BCUT2D eigenvalue weighted by Crippen LogP contribution is -2.34. The fourth-order valence-electron chi connectivity index (χ4n) is 3.03. The van der Waals surface area contributed by atoms with Crippen LogP contribution in [0.4, 0.5) is 5.69 Å². The van der Waals surface area contributed by atoms with Crippen LogP contribution in [0.3, 0.4) is 0 Å². The van der Waals surface area contributed by atoms with E-state index in [-0.39, 0.29) is 12.0 Å². The Morgan fingerprint density at radius 1 is 1.29 bits per heavy atom. The molecular formula is C18H23N3O3. The number of benzene rings is 1. The summed E-state index contributed by atoms with van der Waals surface area (Å²) in [5.41, 5.74) is 1.95. The van der Waals surface area contributed by atoms with E-state index in [1.807, 2.05) is 12.1 Å². The lowest BCUT2D eigenvalue weighted by Gasteiger charge is -2.28. The van der Waals surface area contributed by atoms with Crippen molar-refractivity contribution in [2.45, 2.75) is 44.8 Å². The summed E-state index contributed by atoms with van der Waals surface area (Å²) in [5, 5.41) is 17.0. The Bertz CT molecular complexity index is 709. The van der Waals surface area contributed by atoms with E-state index < -0.39 is 6.10 Å². The van der Waals surface area contributed by atoms with Crippen molar-refractivity contribution in [3.8, 4) is 5.75 Å². The summed E-state index contributed by atoms with van der Waals surface area (Å²) >= 11 is 0. The second-order valence-electron chi connectivity index (χ2n) is 6.29. The minimum atomic E-state index is -0.397. The number of nitrogens with one attached hydrogen (secondary N) is 1. The zero-order chi connectivity index (χ0) is 17.1. The Morgan fingerprint density at radius 3 is 2.62 bits per heavy atom. The van der Waals surface area contributed by atoms with Gasteiger partial charge in [0.2, 0.25) is 0 Å². The summed E-state index contributed by atoms with van der Waals surface area (Å²) < 4.78 is 7.48. The monoisotopic (exact) mass is 329 g/mol. The summed E-state index contributed by atoms with van der Waals surface area (Å²) in [6.07, 6.45) is 4.97. The molecule has 1 aliphatic rings. The molecule has 2 atom stereocenters. The van der Waals surface area contributed by atoms with Gasteiger partial charge in [0, 0.05) is 18.9 Å². The minimum Gasteiger partial charge on any atom is -0.488 e. The Hall–Kier alpha value is -2.34. The van der Waals surface area contributed by atoms with Gasteiger partial charge in [-0.25, -0.2) is 0 Å². The molecule has 0 aliphatic heterocycles. The molecule has 6 heteroatoms. The Morgan fingerprint density at radius 2 is 2.00 bits per heavy atom. The van der Waals surface area contributed by atoms with Crippen LogP contribution in [0, 0.1) is 6.92 Å². The standard InChI is InChI=1S/C18H23N3O3/c1-12-15(11-21(2)20-12)18(23)19-13-7-9-14(10-8-13)24-17-6-4-3-5-16(17)22/h7-11,16-17,22H,3-6H2,1-2H3,(H,19,23). The number of aryl methyl sites for hydroxylation is 2. The molecule has 1 heterocycles. The second-order valence-corrected chi connectivity index (χ2v) is 6.29. The molecule has 2 N–H and O–H groups in total. The molecule has 1 saturated carbocycles. The molecule has 1 fully saturated rings. The summed E-state index contributed by atoms with van der Waals surface area (Å²) in [6, 6.07) is 7.22. The number of amides is 1. The van der Waals surface area contributed by atoms with Crippen LogP contribution in [0.25, 0.3) is 0 Å². The molecule has 3 rings (SSSR count). The molecular weight excluding hydrogens is 306 g/mol. The van der Waals surface area contributed by atoms with E-state index in [9.17, 15) is 9.90 Å². The first kappa shape index (κ1) is 16.5. The number of aliphatic hydroxyl groups is 1. The van der Waals surface area contributed by atoms with Crippen LogP contribution in [0.15, 0.2) is 30.5 Å². The highest BCUT2D eigenvalue weighted by Gasteiger charge is 2.24. The highest BCUT2D eigenvalue weighted by atomic mass is 16.5. The van der Waals surface area contributed by atoms with Gasteiger partial charge in [-0.15, -0.1) is 0 Å². The summed E-state index contributed by atoms with van der Waals surface area (Å²) in [6.45, 7) is 1.81. The second kappa shape index (κ2) is 7.05. The number of ether oxygens (including phenoxy) is 1. The van der Waals surface area contributed by atoms with Gasteiger partial charge in [-0.1, -0.05) is 6.42 Å². The Labute approximate surface area is 141 Å². The fraction of sp³-hybridized carbons (Fsp3) is 0.444. The van der Waals surface area contributed by atoms with Crippen LogP contribution in [-0.4, -0.2) is 33.0 Å². The average Bonchev–Trinajstić information content (AvgIpc) is 2.90. The lowest BCUT2D eigenvalue weighted by molar-refractivity contribution is 0.00688. The van der Waals surface area contributed by atoms with E-state index in [1.165, 1.54) is 0 Å². The van der Waals surface area contributed by atoms with Crippen molar-refractivity contribution in [1.82, 2.24) is 9.78 Å². The van der Waals surface area contributed by atoms with Gasteiger partial charge in [-0.2, -0.15) is 5.10 Å². The van der Waals surface area contributed by atoms with Crippen molar-refractivity contribution in [3.05, 3.63) is 41.7 Å². The average molecular weight is 329 g/mol. The van der Waals surface area contributed by atoms with Crippen molar-refractivity contribution < 1.29 is 14.6 Å². The third kappa shape index (κ3) is 3.76. The van der Waals surface area contributed by atoms with Crippen LogP contribution in [-0.2, 0) is 7.05 Å². The largest absolute Gasteiger partial charge is 0.488 e. The van der Waals surface area contributed by atoms with Gasteiger partial charge in [0.15, 0.2) is 0 Å². The van der Waals surface area contributed by atoms with Crippen LogP contribution in [0.2, 0.25) is 0 Å². The topological polar surface area (TPSA) is 76.4 Å². The highest BCUT2D eigenvalue weighted by Crippen LogP contribution is 2.25. The molecule has 128 valence electrons. The summed E-state index contributed by atoms with van der Waals surface area (Å²) in [4.78, 5) is 12.3. The number of aliphatic hydroxyl groups excluding tert-OH is 1. The smallest absolute Gasteiger partial charge is 0.259 e. The van der Waals surface area contributed by atoms with E-state index in [1.54, 1.807) is 37.0 Å². The maximum atomic E-state index is 12.3. The quantitative estimate of drug-likeness (QED) is 0.904. The summed E-state index contributed by atoms with van der Waals surface area (Å²) in [5.74, 6) is 0.522. The molecule has 1 aromatic heterocycles. The third-order valence-electron chi connectivity index (χ3n) is 4.33. The molecule has 2 aromatic rings. The number of carbonyl (C=O) groups excluding carboxylic acids is 1. The first-order chi connectivity index (χ1) is 11.5. The number of anilines is 1. The SMILES string of the molecule is Cc1nn(C)cc1C(=O)Nc1ccc(OC2CCCCC2O)cc1. The molecule has 0 spiro atoms. The van der Waals surface area contributed by atoms with Crippen molar-refractivity contribution in [3.63, 3.8) is 0 Å². The first-order valence-electron chi connectivity index (χ1n) is 8.29. The van der Waals surface area contributed by atoms with Crippen molar-refractivity contribution in [1.29, 1.82) is 0 Å². The van der Waals surface area contributed by atoms with E-state index in [0.717, 1.165) is 25.7 Å². The number of aromatic nitrogens is 2. The predicted molar refractivity (Wildman–Crippen MR) is 91.2 cm³/mol. The maximum absolute atomic E-state index is 12.3. The zero-order valence-electron chi connectivity index (χ0n) is 14.0. The molecule has 6 nitrogen and oxygen atoms in total. The normalized spacial score (nSPS) is 20.6. The molecule has 24 heavy (non-hydrogen) atoms. The Balaban J connectivity index is 1.62. The van der Waals surface area contributed by atoms with Gasteiger partial charge < -0.3 is 15.2 Å². The summed E-state index contributed by atoms with van der Waals surface area (Å²) in [7, 11) is 1.79. The molecule has 0 bridgehead atoms. The number of carbonyl (C=O) groups is 1. The fourth-order valence-corrected chi connectivity index (χ4v) is 3.03. The van der Waals surface area contributed by atoms with Gasteiger partial charge in [0.1, 0.15) is 11.9 Å². The van der Waals surface area contributed by atoms with E-state index in [2.05, 4.69) is 10.4 Å². The van der Waals surface area contributed by atoms with Crippen LogP contribution in [0.1, 0.15) is 41.7 Å². The van der Waals surface area contributed by atoms with E-state index in [4.69, 9.17) is 4.74 Å². The van der Waals surface area contributed by atoms with Crippen molar-refractivity contribution >= 4 is 11.6 Å². The molecule has 1 amide bonds. The lowest BCUT2D eigenvalue weighted by atomic mass is 9.95. The maximum Gasteiger partial charge on any atom is 0.259 e. The minimum absolute atomic E-state index is 0.141. The van der Waals surface area contributed by atoms with Gasteiger partial charge in [-0.3, -0.25) is 9.48 Å². The van der Waals surface area contributed by atoms with Gasteiger partial charge in [-0.05, 0) is 50.5 Å². The number of hydrogen-bond donors (Lipinski definition) is 2. The van der Waals surface area contributed by atoms with Gasteiger partial charge in [0.05, 0.1) is 17.4 Å². The molecule has 0 radical (unpaired) electrons. The van der Waals surface area contributed by atoms with Gasteiger partial charge in [0.25, 0.3) is 5.91 Å². The highest BCUT2D eigenvalue weighted by molar-refractivity contribution is 6.04. The van der Waals surface area contributed by atoms with E-state index >= 15 is 0 Å². The third-order valence-corrected chi connectivity index (χ3v) is 4.33. The number of rotatable bonds is 4. The van der Waals surface area contributed by atoms with Crippen molar-refractivity contribution in [2.24, 2.45) is 7.05 Å². The molecule has 0 saturated heterocycles. The van der Waals surface area contributed by atoms with Crippen molar-refractivity contribution in [2.75, 3.05) is 5.32 Å². The number of nitrogens with zero attached hydrogens (tertiary/aromatic N) is 2. The molecule has 1 aromatic carbocycles. The molecule has 2 unspecified atom stereocenters. The first-order valence-corrected chi connectivity index (χ1v) is 8.29. The van der Waals surface area contributed by atoms with E-state index in [0.29, 0.717) is 22.7 Å². The zero-order valence-corrected chi connectivity index (χ0v) is 14.0. The predicted octanol–water partition coefficient (Wildman–Crippen LogP) is 2.66. The number of hydrogen-bond acceptors (Lipinski definition) is 4.